The van der Waals surface area contributed by atoms with Gasteiger partial charge in [-0.2, -0.15) is 0 Å². The molecular weight excluding hydrogens is 162 g/mol. The Balaban J connectivity index is 2.04. The quantitative estimate of drug-likeness (QED) is 0.743. The number of hydrogen-bond donors (Lipinski definition) is 1. The molecule has 0 unspecified atom stereocenters. The van der Waals surface area contributed by atoms with Gasteiger partial charge in [0.25, 0.3) is 0 Å². The summed E-state index contributed by atoms with van der Waals surface area (Å²) in [5.74, 6) is 1.02. The van der Waals surface area contributed by atoms with Crippen LogP contribution in [0.5, 0.6) is 5.75 Å². The number of para-hydroxylation sites is 1. The molecule has 0 spiro atoms. The molecule has 1 aliphatic rings. The summed E-state index contributed by atoms with van der Waals surface area (Å²) >= 11 is 0. The number of benzene rings is 1. The smallest absolute Gasteiger partial charge is 0.122 e. The Morgan fingerprint density at radius 2 is 2.23 bits per heavy atom. The molecule has 0 bridgehead atoms. The Bertz CT molecular complexity index is 279. The standard InChI is InChI=1S/C11H15NO/c1-9-4-2-3-5-11(9)13-10-6-7-12-8-10/h2-5,10,12H,6-8H2,1H3/t10-/m1/s1. The minimum atomic E-state index is 0.362. The molecule has 1 aromatic carbocycles. The third-order valence-corrected chi connectivity index (χ3v) is 2.40. The van der Waals surface area contributed by atoms with E-state index in [1.54, 1.807) is 0 Å². The first-order valence-electron chi connectivity index (χ1n) is 4.79. The average Bonchev–Trinajstić information content (AvgIpc) is 2.61. The van der Waals surface area contributed by atoms with Crippen LogP contribution in [0.2, 0.25) is 0 Å². The highest BCUT2D eigenvalue weighted by molar-refractivity contribution is 5.32. The Morgan fingerprint density at radius 3 is 2.92 bits per heavy atom. The summed E-state index contributed by atoms with van der Waals surface area (Å²) in [7, 11) is 0. The van der Waals surface area contributed by atoms with Crippen LogP contribution in [0.25, 0.3) is 0 Å². The third-order valence-electron chi connectivity index (χ3n) is 2.40. The molecule has 1 aromatic rings. The van der Waals surface area contributed by atoms with Crippen molar-refractivity contribution in [2.75, 3.05) is 13.1 Å². The Morgan fingerprint density at radius 1 is 1.38 bits per heavy atom. The van der Waals surface area contributed by atoms with Crippen molar-refractivity contribution in [1.82, 2.24) is 5.32 Å². The van der Waals surface area contributed by atoms with E-state index in [1.165, 1.54) is 5.56 Å². The molecule has 1 aliphatic heterocycles. The van der Waals surface area contributed by atoms with Crippen LogP contribution in [-0.2, 0) is 0 Å². The van der Waals surface area contributed by atoms with Crippen molar-refractivity contribution in [3.8, 4) is 5.75 Å². The minimum Gasteiger partial charge on any atom is -0.489 e. The van der Waals surface area contributed by atoms with E-state index in [-0.39, 0.29) is 0 Å². The first-order chi connectivity index (χ1) is 6.36. The van der Waals surface area contributed by atoms with Crippen LogP contribution >= 0.6 is 0 Å². The predicted octanol–water partition coefficient (Wildman–Crippen LogP) is 1.74. The lowest BCUT2D eigenvalue weighted by Gasteiger charge is -2.13. The maximum absolute atomic E-state index is 5.84. The molecule has 2 rings (SSSR count). The molecule has 1 heterocycles. The number of hydrogen-bond acceptors (Lipinski definition) is 2. The van der Waals surface area contributed by atoms with Gasteiger partial charge < -0.3 is 10.1 Å². The van der Waals surface area contributed by atoms with E-state index >= 15 is 0 Å². The van der Waals surface area contributed by atoms with Crippen molar-refractivity contribution in [3.63, 3.8) is 0 Å². The van der Waals surface area contributed by atoms with Gasteiger partial charge >= 0.3 is 0 Å². The zero-order valence-corrected chi connectivity index (χ0v) is 7.92. The normalized spacial score (nSPS) is 21.8. The van der Waals surface area contributed by atoms with Gasteiger partial charge in [-0.05, 0) is 31.5 Å². The van der Waals surface area contributed by atoms with Gasteiger partial charge in [0, 0.05) is 6.54 Å². The molecule has 2 heteroatoms. The highest BCUT2D eigenvalue weighted by Gasteiger charge is 2.16. The van der Waals surface area contributed by atoms with Crippen LogP contribution in [0.3, 0.4) is 0 Å². The second kappa shape index (κ2) is 3.79. The second-order valence-electron chi connectivity index (χ2n) is 3.50. The fourth-order valence-corrected chi connectivity index (χ4v) is 1.60. The van der Waals surface area contributed by atoms with Gasteiger partial charge in [0.05, 0.1) is 0 Å². The Hall–Kier alpha value is -1.02. The van der Waals surface area contributed by atoms with E-state index in [9.17, 15) is 0 Å². The summed E-state index contributed by atoms with van der Waals surface area (Å²) < 4.78 is 5.84. The number of aryl methyl sites for hydroxylation is 1. The molecule has 0 saturated carbocycles. The van der Waals surface area contributed by atoms with Crippen molar-refractivity contribution in [3.05, 3.63) is 29.8 Å². The van der Waals surface area contributed by atoms with Crippen molar-refractivity contribution < 1.29 is 4.74 Å². The lowest BCUT2D eigenvalue weighted by molar-refractivity contribution is 0.221. The summed E-state index contributed by atoms with van der Waals surface area (Å²) in [6, 6.07) is 8.17. The van der Waals surface area contributed by atoms with Gasteiger partial charge in [-0.1, -0.05) is 18.2 Å². The lowest BCUT2D eigenvalue weighted by Crippen LogP contribution is -2.19. The molecule has 1 atom stereocenters. The van der Waals surface area contributed by atoms with E-state index < -0.39 is 0 Å². The second-order valence-corrected chi connectivity index (χ2v) is 3.50. The SMILES string of the molecule is Cc1ccccc1O[C@@H]1CCNC1. The third kappa shape index (κ3) is 2.01. The fourth-order valence-electron chi connectivity index (χ4n) is 1.60. The monoisotopic (exact) mass is 177 g/mol. The molecule has 0 aliphatic carbocycles. The van der Waals surface area contributed by atoms with Crippen LogP contribution < -0.4 is 10.1 Å². The number of ether oxygens (including phenoxy) is 1. The average molecular weight is 177 g/mol. The molecule has 1 fully saturated rings. The van der Waals surface area contributed by atoms with Crippen molar-refractivity contribution in [2.24, 2.45) is 0 Å². The van der Waals surface area contributed by atoms with E-state index in [1.807, 2.05) is 18.2 Å². The number of rotatable bonds is 2. The van der Waals surface area contributed by atoms with Crippen molar-refractivity contribution >= 4 is 0 Å². The van der Waals surface area contributed by atoms with Gasteiger partial charge in [-0.25, -0.2) is 0 Å². The van der Waals surface area contributed by atoms with Gasteiger partial charge in [0.2, 0.25) is 0 Å². The van der Waals surface area contributed by atoms with Gasteiger partial charge in [-0.15, -0.1) is 0 Å². The van der Waals surface area contributed by atoms with Crippen LogP contribution in [0, 0.1) is 6.92 Å². The molecule has 0 aromatic heterocycles. The van der Waals surface area contributed by atoms with Crippen molar-refractivity contribution in [1.29, 1.82) is 0 Å². The largest absolute Gasteiger partial charge is 0.489 e. The summed E-state index contributed by atoms with van der Waals surface area (Å²) in [5.41, 5.74) is 1.22. The minimum absolute atomic E-state index is 0.362. The van der Waals surface area contributed by atoms with Crippen molar-refractivity contribution in [2.45, 2.75) is 19.4 Å². The lowest BCUT2D eigenvalue weighted by atomic mass is 10.2. The Labute approximate surface area is 78.9 Å². The highest BCUT2D eigenvalue weighted by Crippen LogP contribution is 2.19. The first kappa shape index (κ1) is 8.57. The summed E-state index contributed by atoms with van der Waals surface area (Å²) in [4.78, 5) is 0. The topological polar surface area (TPSA) is 21.3 Å². The van der Waals surface area contributed by atoms with Crippen LogP contribution in [0.1, 0.15) is 12.0 Å². The van der Waals surface area contributed by atoms with Crippen LogP contribution in [0.4, 0.5) is 0 Å². The number of nitrogens with one attached hydrogen (secondary N) is 1. The molecule has 1 N–H and O–H groups in total. The van der Waals surface area contributed by atoms with E-state index in [0.717, 1.165) is 25.3 Å². The Kier molecular flexibility index (Phi) is 2.50. The molecule has 1 saturated heterocycles. The van der Waals surface area contributed by atoms with Gasteiger partial charge in [0.15, 0.2) is 0 Å². The van der Waals surface area contributed by atoms with E-state index in [2.05, 4.69) is 18.3 Å². The van der Waals surface area contributed by atoms with E-state index in [4.69, 9.17) is 4.74 Å². The predicted molar refractivity (Wildman–Crippen MR) is 53.1 cm³/mol. The highest BCUT2D eigenvalue weighted by atomic mass is 16.5. The first-order valence-corrected chi connectivity index (χ1v) is 4.79. The molecule has 13 heavy (non-hydrogen) atoms. The van der Waals surface area contributed by atoms with Crippen LogP contribution in [-0.4, -0.2) is 19.2 Å². The maximum atomic E-state index is 5.84. The fraction of sp³-hybridized carbons (Fsp3) is 0.455. The zero-order valence-electron chi connectivity index (χ0n) is 7.92. The summed E-state index contributed by atoms with van der Waals surface area (Å²) in [5, 5.41) is 3.29. The molecule has 0 radical (unpaired) electrons. The molecule has 2 nitrogen and oxygen atoms in total. The summed E-state index contributed by atoms with van der Waals surface area (Å²) in [6.07, 6.45) is 1.48. The van der Waals surface area contributed by atoms with E-state index in [0.29, 0.717) is 6.10 Å². The molecule has 70 valence electrons. The summed E-state index contributed by atoms with van der Waals surface area (Å²) in [6.45, 7) is 4.14. The molecular formula is C11H15NO. The van der Waals surface area contributed by atoms with Gasteiger partial charge in [-0.3, -0.25) is 0 Å². The molecule has 0 amide bonds. The zero-order chi connectivity index (χ0) is 9.10. The maximum Gasteiger partial charge on any atom is 0.122 e. The van der Waals surface area contributed by atoms with Crippen LogP contribution in [0.15, 0.2) is 24.3 Å². The van der Waals surface area contributed by atoms with Gasteiger partial charge in [0.1, 0.15) is 11.9 Å².